The molecule has 0 radical (unpaired) electrons. The molecule has 2 aliphatic rings. The number of ether oxygens (including phenoxy) is 1. The first-order valence-corrected chi connectivity index (χ1v) is 9.35. The van der Waals surface area contributed by atoms with Gasteiger partial charge in [0.25, 0.3) is 0 Å². The van der Waals surface area contributed by atoms with Crippen molar-refractivity contribution in [3.63, 3.8) is 0 Å². The molecule has 0 spiro atoms. The Hall–Kier alpha value is -0.810. The van der Waals surface area contributed by atoms with E-state index in [-0.39, 0.29) is 0 Å². The number of hydrogen-bond acceptors (Lipinski definition) is 3. The Bertz CT molecular complexity index is 374. The monoisotopic (exact) mass is 325 g/mol. The predicted octanol–water partition coefficient (Wildman–Crippen LogP) is 2.44. The summed E-state index contributed by atoms with van der Waals surface area (Å²) in [7, 11) is 1.77. The van der Waals surface area contributed by atoms with Gasteiger partial charge in [-0.2, -0.15) is 0 Å². The normalized spacial score (nSPS) is 23.2. The summed E-state index contributed by atoms with van der Waals surface area (Å²) in [5.74, 6) is 0.843. The largest absolute Gasteiger partial charge is 0.388 e. The zero-order valence-electron chi connectivity index (χ0n) is 15.0. The molecule has 0 aromatic carbocycles. The highest BCUT2D eigenvalue weighted by Crippen LogP contribution is 2.44. The van der Waals surface area contributed by atoms with Crippen molar-refractivity contribution in [1.29, 1.82) is 0 Å². The van der Waals surface area contributed by atoms with Crippen LogP contribution in [0.3, 0.4) is 0 Å². The third kappa shape index (κ3) is 5.64. The van der Waals surface area contributed by atoms with Crippen LogP contribution < -0.4 is 10.6 Å². The zero-order valence-corrected chi connectivity index (χ0v) is 15.0. The molecule has 0 unspecified atom stereocenters. The summed E-state index contributed by atoms with van der Waals surface area (Å²) in [5.41, 5.74) is -0.223. The second kappa shape index (κ2) is 8.88. The van der Waals surface area contributed by atoms with E-state index in [1.807, 2.05) is 0 Å². The fraction of sp³-hybridized carbons (Fsp3) is 0.944. The van der Waals surface area contributed by atoms with Gasteiger partial charge in [0, 0.05) is 33.4 Å². The van der Waals surface area contributed by atoms with Crippen LogP contribution >= 0.6 is 0 Å². The van der Waals surface area contributed by atoms with Crippen molar-refractivity contribution in [3.05, 3.63) is 0 Å². The van der Waals surface area contributed by atoms with Crippen LogP contribution in [0, 0.1) is 5.41 Å². The highest BCUT2D eigenvalue weighted by Gasteiger charge is 2.36. The summed E-state index contributed by atoms with van der Waals surface area (Å²) in [5, 5.41) is 17.3. The molecule has 0 saturated heterocycles. The van der Waals surface area contributed by atoms with E-state index in [0.29, 0.717) is 12.0 Å². The maximum Gasteiger partial charge on any atom is 0.191 e. The minimum absolute atomic E-state index is 0.333. The highest BCUT2D eigenvalue weighted by molar-refractivity contribution is 5.79. The fourth-order valence-electron chi connectivity index (χ4n) is 3.71. The van der Waals surface area contributed by atoms with Gasteiger partial charge in [0.15, 0.2) is 5.96 Å². The van der Waals surface area contributed by atoms with Gasteiger partial charge in [0.05, 0.1) is 5.60 Å². The van der Waals surface area contributed by atoms with Gasteiger partial charge < -0.3 is 20.5 Å². The summed E-state index contributed by atoms with van der Waals surface area (Å²) < 4.78 is 5.25. The Morgan fingerprint density at radius 2 is 1.83 bits per heavy atom. The quantitative estimate of drug-likeness (QED) is 0.474. The summed E-state index contributed by atoms with van der Waals surface area (Å²) in [6.45, 7) is 5.19. The maximum atomic E-state index is 10.6. The Labute approximate surface area is 141 Å². The number of methoxy groups -OCH3 is 1. The average molecular weight is 325 g/mol. The van der Waals surface area contributed by atoms with Gasteiger partial charge in [-0.3, -0.25) is 4.99 Å². The van der Waals surface area contributed by atoms with Crippen LogP contribution in [-0.4, -0.2) is 50.0 Å². The highest BCUT2D eigenvalue weighted by atomic mass is 16.5. The van der Waals surface area contributed by atoms with Gasteiger partial charge in [0.2, 0.25) is 0 Å². The van der Waals surface area contributed by atoms with Crippen molar-refractivity contribution >= 4 is 5.96 Å². The number of guanidine groups is 1. The molecule has 5 nitrogen and oxygen atoms in total. The second-order valence-corrected chi connectivity index (χ2v) is 7.43. The Morgan fingerprint density at radius 1 is 1.09 bits per heavy atom. The lowest BCUT2D eigenvalue weighted by molar-refractivity contribution is 0.00855. The van der Waals surface area contributed by atoms with Crippen molar-refractivity contribution in [2.45, 2.75) is 70.3 Å². The fourth-order valence-corrected chi connectivity index (χ4v) is 3.71. The third-order valence-electron chi connectivity index (χ3n) is 5.54. The van der Waals surface area contributed by atoms with E-state index >= 15 is 0 Å². The molecule has 0 amide bonds. The van der Waals surface area contributed by atoms with Crippen LogP contribution in [-0.2, 0) is 4.74 Å². The molecule has 23 heavy (non-hydrogen) atoms. The van der Waals surface area contributed by atoms with E-state index in [2.05, 4.69) is 17.6 Å². The molecule has 2 rings (SSSR count). The lowest BCUT2D eigenvalue weighted by atomic mass is 9.67. The average Bonchev–Trinajstić information content (AvgIpc) is 2.52. The van der Waals surface area contributed by atoms with Crippen molar-refractivity contribution in [2.75, 3.05) is 33.4 Å². The van der Waals surface area contributed by atoms with Crippen LogP contribution in [0.1, 0.15) is 64.7 Å². The number of nitrogens with one attached hydrogen (secondary N) is 2. The number of hydrogen-bond donors (Lipinski definition) is 3. The lowest BCUT2D eigenvalue weighted by Gasteiger charge is -2.41. The third-order valence-corrected chi connectivity index (χ3v) is 5.54. The number of nitrogens with zero attached hydrogens (tertiary/aromatic N) is 1. The Balaban J connectivity index is 1.86. The molecule has 0 aliphatic heterocycles. The van der Waals surface area contributed by atoms with Gasteiger partial charge in [0.1, 0.15) is 0 Å². The zero-order chi connectivity index (χ0) is 16.6. The summed E-state index contributed by atoms with van der Waals surface area (Å²) in [4.78, 5) is 4.80. The van der Waals surface area contributed by atoms with Crippen molar-refractivity contribution in [2.24, 2.45) is 10.4 Å². The van der Waals surface area contributed by atoms with E-state index in [1.54, 1.807) is 7.11 Å². The number of aliphatic hydroxyl groups is 1. The van der Waals surface area contributed by atoms with Gasteiger partial charge in [-0.1, -0.05) is 25.7 Å². The summed E-state index contributed by atoms with van der Waals surface area (Å²) in [6.07, 6.45) is 10.2. The van der Waals surface area contributed by atoms with Crippen LogP contribution in [0.15, 0.2) is 4.99 Å². The number of rotatable bonds is 8. The molecule has 2 saturated carbocycles. The molecular weight excluding hydrogens is 290 g/mol. The molecule has 0 heterocycles. The smallest absolute Gasteiger partial charge is 0.191 e. The van der Waals surface area contributed by atoms with Crippen molar-refractivity contribution in [1.82, 2.24) is 10.6 Å². The molecule has 3 N–H and O–H groups in total. The first-order chi connectivity index (χ1) is 11.1. The SMILES string of the molecule is CCNC(=NCC1(CCOC)CCC1)NCC1(O)CCCCC1. The molecule has 0 aromatic rings. The minimum Gasteiger partial charge on any atom is -0.388 e. The van der Waals surface area contributed by atoms with Gasteiger partial charge in [-0.25, -0.2) is 0 Å². The molecular formula is C18H35N3O2. The molecule has 134 valence electrons. The summed E-state index contributed by atoms with van der Waals surface area (Å²) in [6, 6.07) is 0. The lowest BCUT2D eigenvalue weighted by Crippen LogP contribution is -2.48. The van der Waals surface area contributed by atoms with E-state index < -0.39 is 5.60 Å². The first kappa shape index (κ1) is 18.5. The Morgan fingerprint density at radius 3 is 2.39 bits per heavy atom. The standard InChI is InChI=1S/C18H35N3O2/c1-3-19-16(21-15-18(22)10-5-4-6-11-18)20-14-17(8-7-9-17)12-13-23-2/h22H,3-15H2,1-2H3,(H2,19,20,21). The second-order valence-electron chi connectivity index (χ2n) is 7.43. The first-order valence-electron chi connectivity index (χ1n) is 9.35. The predicted molar refractivity (Wildman–Crippen MR) is 94.8 cm³/mol. The summed E-state index contributed by atoms with van der Waals surface area (Å²) >= 11 is 0. The molecule has 0 atom stereocenters. The molecule has 2 aliphatic carbocycles. The maximum absolute atomic E-state index is 10.6. The molecule has 0 bridgehead atoms. The van der Waals surface area contributed by atoms with Crippen molar-refractivity contribution < 1.29 is 9.84 Å². The molecule has 0 aromatic heterocycles. The Kier molecular flexibility index (Phi) is 7.15. The topological polar surface area (TPSA) is 65.9 Å². The van der Waals surface area contributed by atoms with Crippen LogP contribution in [0.5, 0.6) is 0 Å². The van der Waals surface area contributed by atoms with E-state index in [9.17, 15) is 5.11 Å². The number of aliphatic imine (C=N–C) groups is 1. The van der Waals surface area contributed by atoms with E-state index in [0.717, 1.165) is 57.8 Å². The van der Waals surface area contributed by atoms with Gasteiger partial charge >= 0.3 is 0 Å². The van der Waals surface area contributed by atoms with Crippen LogP contribution in [0.2, 0.25) is 0 Å². The van der Waals surface area contributed by atoms with Crippen LogP contribution in [0.4, 0.5) is 0 Å². The van der Waals surface area contributed by atoms with Crippen LogP contribution in [0.25, 0.3) is 0 Å². The van der Waals surface area contributed by atoms with Gasteiger partial charge in [-0.15, -0.1) is 0 Å². The molecule has 5 heteroatoms. The van der Waals surface area contributed by atoms with Crippen molar-refractivity contribution in [3.8, 4) is 0 Å². The minimum atomic E-state index is -0.557. The van der Waals surface area contributed by atoms with E-state index in [1.165, 1.54) is 25.7 Å². The van der Waals surface area contributed by atoms with Gasteiger partial charge in [-0.05, 0) is 44.4 Å². The van der Waals surface area contributed by atoms with E-state index in [4.69, 9.17) is 9.73 Å². The molecule has 2 fully saturated rings.